The second kappa shape index (κ2) is 7.12. The van der Waals surface area contributed by atoms with Crippen molar-refractivity contribution in [2.75, 3.05) is 5.32 Å². The van der Waals surface area contributed by atoms with Crippen molar-refractivity contribution in [2.24, 2.45) is 0 Å². The molecule has 0 radical (unpaired) electrons. The maximum absolute atomic E-state index is 12.7. The Hall–Kier alpha value is -3.33. The van der Waals surface area contributed by atoms with Gasteiger partial charge in [-0.3, -0.25) is 4.79 Å². The van der Waals surface area contributed by atoms with Crippen molar-refractivity contribution in [3.63, 3.8) is 0 Å². The number of hydrogen-bond acceptors (Lipinski definition) is 6. The van der Waals surface area contributed by atoms with Crippen LogP contribution in [0, 0.1) is 0 Å². The molecule has 9 heteroatoms. The van der Waals surface area contributed by atoms with E-state index in [2.05, 4.69) is 92.0 Å². The van der Waals surface area contributed by atoms with Crippen LogP contribution in [0.4, 0.5) is 11.6 Å². The third-order valence-corrected chi connectivity index (χ3v) is 6.01. The number of fused-ring (bicyclic) bond motifs is 2. The zero-order valence-corrected chi connectivity index (χ0v) is 18.8. The first-order valence-corrected chi connectivity index (χ1v) is 10.7. The summed E-state index contributed by atoms with van der Waals surface area (Å²) < 4.78 is 2.66. The van der Waals surface area contributed by atoms with Crippen LogP contribution >= 0.6 is 15.9 Å². The fraction of sp³-hybridized carbons (Fsp3) is 0.227. The van der Waals surface area contributed by atoms with Gasteiger partial charge in [-0.1, -0.05) is 78.2 Å². The van der Waals surface area contributed by atoms with Gasteiger partial charge >= 0.3 is 0 Å². The highest BCUT2D eigenvalue weighted by Crippen LogP contribution is 2.41. The Kier molecular flexibility index (Phi) is 4.51. The van der Waals surface area contributed by atoms with Gasteiger partial charge in [0.15, 0.2) is 0 Å². The molecule has 0 amide bonds. The summed E-state index contributed by atoms with van der Waals surface area (Å²) in [4.78, 5) is 12.7. The van der Waals surface area contributed by atoms with E-state index in [-0.39, 0.29) is 11.0 Å². The van der Waals surface area contributed by atoms with E-state index in [4.69, 9.17) is 0 Å². The molecule has 5 rings (SSSR count). The standard InChI is InChI=1S/C22H20BrN7O/c1-22(2,3)14-8-4-13(5-9-14)19-16-17(12-6-10-15(23)11-7-12)25-26-20(31)18(16)24-21-27-28-29-30(19)21/h4-11,19H,1-3H3,(H,26,31)(H,24,27,29)/t19-/m0/s1. The highest BCUT2D eigenvalue weighted by atomic mass is 79.9. The van der Waals surface area contributed by atoms with Gasteiger partial charge in [-0.2, -0.15) is 9.78 Å². The van der Waals surface area contributed by atoms with Crippen LogP contribution in [0.25, 0.3) is 11.3 Å². The van der Waals surface area contributed by atoms with Gasteiger partial charge in [0.2, 0.25) is 5.95 Å². The van der Waals surface area contributed by atoms with Gasteiger partial charge in [-0.25, -0.2) is 5.10 Å². The van der Waals surface area contributed by atoms with Crippen molar-refractivity contribution in [1.82, 2.24) is 30.4 Å². The number of aromatic nitrogens is 6. The lowest BCUT2D eigenvalue weighted by molar-refractivity contribution is 0.564. The van der Waals surface area contributed by atoms with Crippen molar-refractivity contribution in [3.05, 3.63) is 80.0 Å². The minimum absolute atomic E-state index is 0.0335. The molecular weight excluding hydrogens is 458 g/mol. The summed E-state index contributed by atoms with van der Waals surface area (Å²) in [6.07, 6.45) is 0. The quantitative estimate of drug-likeness (QED) is 0.395. The van der Waals surface area contributed by atoms with E-state index in [0.717, 1.165) is 21.2 Å². The first-order valence-electron chi connectivity index (χ1n) is 9.87. The summed E-state index contributed by atoms with van der Waals surface area (Å²) in [5, 5.41) is 22.2. The lowest BCUT2D eigenvalue weighted by atomic mass is 9.85. The SMILES string of the molecule is CC(C)(C)c1ccc([C@H]2c3c(-c4ccc(Br)cc4)n[nH]c(=O)c3Nc3nnnn32)cc1. The number of tetrazole rings is 1. The zero-order valence-electron chi connectivity index (χ0n) is 17.2. The molecule has 2 aromatic heterocycles. The van der Waals surface area contributed by atoms with E-state index < -0.39 is 6.04 Å². The third kappa shape index (κ3) is 3.34. The van der Waals surface area contributed by atoms with Crippen LogP contribution in [-0.4, -0.2) is 30.4 Å². The molecule has 0 aliphatic carbocycles. The average molecular weight is 478 g/mol. The van der Waals surface area contributed by atoms with Gasteiger partial charge in [0.25, 0.3) is 5.56 Å². The first-order chi connectivity index (χ1) is 14.8. The van der Waals surface area contributed by atoms with E-state index in [1.165, 1.54) is 5.56 Å². The third-order valence-electron chi connectivity index (χ3n) is 5.48. The van der Waals surface area contributed by atoms with Gasteiger partial charge in [-0.05, 0) is 39.1 Å². The number of aromatic amines is 1. The molecule has 4 aromatic rings. The lowest BCUT2D eigenvalue weighted by Gasteiger charge is -2.28. The molecule has 0 fully saturated rings. The molecule has 3 heterocycles. The summed E-state index contributed by atoms with van der Waals surface area (Å²) in [5.41, 5.74) is 4.59. The molecule has 0 saturated carbocycles. The topological polar surface area (TPSA) is 101 Å². The minimum Gasteiger partial charge on any atom is -0.318 e. The molecule has 2 aromatic carbocycles. The predicted molar refractivity (Wildman–Crippen MR) is 121 cm³/mol. The molecule has 1 aliphatic rings. The van der Waals surface area contributed by atoms with E-state index in [1.807, 2.05) is 24.3 Å². The largest absolute Gasteiger partial charge is 0.318 e. The van der Waals surface area contributed by atoms with E-state index in [9.17, 15) is 4.79 Å². The molecule has 1 atom stereocenters. The van der Waals surface area contributed by atoms with Gasteiger partial charge in [0.1, 0.15) is 11.7 Å². The molecule has 0 saturated heterocycles. The van der Waals surface area contributed by atoms with E-state index in [0.29, 0.717) is 17.3 Å². The highest BCUT2D eigenvalue weighted by molar-refractivity contribution is 9.10. The van der Waals surface area contributed by atoms with Crippen LogP contribution < -0.4 is 10.9 Å². The molecule has 2 N–H and O–H groups in total. The second-order valence-corrected chi connectivity index (χ2v) is 9.46. The minimum atomic E-state index is -0.399. The molecule has 0 unspecified atom stereocenters. The van der Waals surface area contributed by atoms with Gasteiger partial charge < -0.3 is 5.32 Å². The molecule has 1 aliphatic heterocycles. The van der Waals surface area contributed by atoms with Crippen LogP contribution in [0.5, 0.6) is 0 Å². The Morgan fingerprint density at radius 3 is 2.42 bits per heavy atom. The predicted octanol–water partition coefficient (Wildman–Crippen LogP) is 4.18. The van der Waals surface area contributed by atoms with Gasteiger partial charge in [0, 0.05) is 15.6 Å². The number of benzene rings is 2. The summed E-state index contributed by atoms with van der Waals surface area (Å²) in [6.45, 7) is 6.53. The van der Waals surface area contributed by atoms with Crippen molar-refractivity contribution >= 4 is 27.6 Å². The Labute approximate surface area is 186 Å². The summed E-state index contributed by atoms with van der Waals surface area (Å²) in [7, 11) is 0. The smallest absolute Gasteiger partial charge is 0.288 e. The normalized spacial score (nSPS) is 15.2. The second-order valence-electron chi connectivity index (χ2n) is 8.54. The van der Waals surface area contributed by atoms with Crippen LogP contribution in [0.2, 0.25) is 0 Å². The number of nitrogens with zero attached hydrogens (tertiary/aromatic N) is 5. The molecule has 0 bridgehead atoms. The average Bonchev–Trinajstić information content (AvgIpc) is 3.21. The lowest BCUT2D eigenvalue weighted by Crippen LogP contribution is -2.29. The maximum atomic E-state index is 12.7. The van der Waals surface area contributed by atoms with Crippen molar-refractivity contribution in [3.8, 4) is 11.3 Å². The summed E-state index contributed by atoms with van der Waals surface area (Å²) in [5.74, 6) is 0.413. The van der Waals surface area contributed by atoms with Crippen LogP contribution in [0.1, 0.15) is 43.5 Å². The molecule has 156 valence electrons. The number of rotatable bonds is 2. The van der Waals surface area contributed by atoms with E-state index in [1.54, 1.807) is 4.68 Å². The molecule has 0 spiro atoms. The molecule has 31 heavy (non-hydrogen) atoms. The summed E-state index contributed by atoms with van der Waals surface area (Å²) >= 11 is 3.47. The van der Waals surface area contributed by atoms with Gasteiger partial charge in [0.05, 0.1) is 5.69 Å². The molecular formula is C22H20BrN7O. The van der Waals surface area contributed by atoms with Gasteiger partial charge in [-0.15, -0.1) is 0 Å². The van der Waals surface area contributed by atoms with Crippen LogP contribution in [0.15, 0.2) is 57.8 Å². The zero-order chi connectivity index (χ0) is 21.8. The van der Waals surface area contributed by atoms with Crippen LogP contribution in [-0.2, 0) is 5.41 Å². The fourth-order valence-electron chi connectivity index (χ4n) is 3.84. The number of hydrogen-bond donors (Lipinski definition) is 2. The highest BCUT2D eigenvalue weighted by Gasteiger charge is 2.34. The first kappa shape index (κ1) is 19.6. The van der Waals surface area contributed by atoms with Crippen molar-refractivity contribution < 1.29 is 0 Å². The van der Waals surface area contributed by atoms with Crippen molar-refractivity contribution in [2.45, 2.75) is 32.2 Å². The van der Waals surface area contributed by atoms with E-state index >= 15 is 0 Å². The number of H-pyrrole nitrogens is 1. The maximum Gasteiger partial charge on any atom is 0.288 e. The Morgan fingerprint density at radius 2 is 1.74 bits per heavy atom. The molecule has 8 nitrogen and oxygen atoms in total. The monoisotopic (exact) mass is 477 g/mol. The number of nitrogens with one attached hydrogen (secondary N) is 2. The number of anilines is 2. The van der Waals surface area contributed by atoms with Crippen LogP contribution in [0.3, 0.4) is 0 Å². The van der Waals surface area contributed by atoms with Crippen molar-refractivity contribution in [1.29, 1.82) is 0 Å². The fourth-order valence-corrected chi connectivity index (χ4v) is 4.10. The Bertz CT molecular complexity index is 1320. The summed E-state index contributed by atoms with van der Waals surface area (Å²) in [6, 6.07) is 15.8. The Balaban J connectivity index is 1.75. The number of halogens is 1. The Morgan fingerprint density at radius 1 is 1.03 bits per heavy atom.